The zero-order valence-corrected chi connectivity index (χ0v) is 15.5. The van der Waals surface area contributed by atoms with Gasteiger partial charge in [0.05, 0.1) is 22.2 Å². The summed E-state index contributed by atoms with van der Waals surface area (Å²) in [6, 6.07) is 5.50. The largest absolute Gasteiger partial charge is 0.497 e. The van der Waals surface area contributed by atoms with Crippen LogP contribution < -0.4 is 15.4 Å². The average molecular weight is 374 g/mol. The number of ether oxygens (including phenoxy) is 1. The highest BCUT2D eigenvalue weighted by atomic mass is 32.1. The first-order valence-electron chi connectivity index (χ1n) is 7.76. The molecular weight excluding hydrogens is 356 g/mol. The van der Waals surface area contributed by atoms with Crippen molar-refractivity contribution in [3.05, 3.63) is 34.6 Å². The molecule has 0 aliphatic carbocycles. The summed E-state index contributed by atoms with van der Waals surface area (Å²) >= 11 is 1.36. The lowest BCUT2D eigenvalue weighted by Crippen LogP contribution is -2.27. The van der Waals surface area contributed by atoms with Gasteiger partial charge < -0.3 is 15.4 Å². The van der Waals surface area contributed by atoms with E-state index in [0.717, 1.165) is 16.0 Å². The summed E-state index contributed by atoms with van der Waals surface area (Å²) in [5.74, 6) is 0.961. The van der Waals surface area contributed by atoms with Crippen molar-refractivity contribution in [2.24, 2.45) is 0 Å². The molecule has 0 unspecified atom stereocenters. The molecule has 0 bridgehead atoms. The van der Waals surface area contributed by atoms with Crippen LogP contribution in [0.2, 0.25) is 0 Å². The van der Waals surface area contributed by atoms with Gasteiger partial charge >= 0.3 is 5.69 Å². The van der Waals surface area contributed by atoms with Crippen LogP contribution in [0, 0.1) is 10.1 Å². The number of hydrogen-bond acceptors (Lipinski definition) is 9. The first-order chi connectivity index (χ1) is 12.3. The molecule has 0 radical (unpaired) electrons. The fourth-order valence-corrected chi connectivity index (χ4v) is 3.17. The Morgan fingerprint density at radius 1 is 1.23 bits per heavy atom. The van der Waals surface area contributed by atoms with E-state index in [1.165, 1.54) is 17.7 Å². The van der Waals surface area contributed by atoms with E-state index in [9.17, 15) is 10.1 Å². The van der Waals surface area contributed by atoms with E-state index in [2.05, 4.69) is 25.6 Å². The summed E-state index contributed by atoms with van der Waals surface area (Å²) in [6.07, 6.45) is 1.28. The van der Waals surface area contributed by atoms with E-state index in [1.54, 1.807) is 7.11 Å². The number of nitrogens with zero attached hydrogens (tertiary/aromatic N) is 4. The van der Waals surface area contributed by atoms with E-state index >= 15 is 0 Å². The third-order valence-corrected chi connectivity index (χ3v) is 4.25. The molecule has 26 heavy (non-hydrogen) atoms. The van der Waals surface area contributed by atoms with Crippen molar-refractivity contribution in [3.8, 4) is 5.75 Å². The first-order valence-corrected chi connectivity index (χ1v) is 8.57. The van der Waals surface area contributed by atoms with Gasteiger partial charge in [-0.25, -0.2) is 15.0 Å². The Morgan fingerprint density at radius 3 is 2.62 bits per heavy atom. The molecule has 136 valence electrons. The number of anilines is 3. The summed E-state index contributed by atoms with van der Waals surface area (Å²) in [7, 11) is 1.59. The Hall–Kier alpha value is -3.01. The highest BCUT2D eigenvalue weighted by Gasteiger charge is 2.26. The molecule has 0 saturated carbocycles. The number of hydrogen-bond donors (Lipinski definition) is 2. The molecule has 0 saturated heterocycles. The molecule has 0 fully saturated rings. The second kappa shape index (κ2) is 6.71. The SMILES string of the molecule is COc1ccc2nc(Nc3ncnc(NC(C)(C)C)c3[N+](=O)[O-])sc2c1. The van der Waals surface area contributed by atoms with Crippen molar-refractivity contribution in [3.63, 3.8) is 0 Å². The Bertz CT molecular complexity index is 966. The van der Waals surface area contributed by atoms with Crippen molar-refractivity contribution in [2.45, 2.75) is 26.3 Å². The summed E-state index contributed by atoms with van der Waals surface area (Å²) in [5, 5.41) is 18.1. The number of benzene rings is 1. The van der Waals surface area contributed by atoms with Crippen LogP contribution >= 0.6 is 11.3 Å². The van der Waals surface area contributed by atoms with Crippen LogP contribution in [0.3, 0.4) is 0 Å². The van der Waals surface area contributed by atoms with Gasteiger partial charge in [-0.05, 0) is 39.0 Å². The fraction of sp³-hybridized carbons (Fsp3) is 0.312. The number of aromatic nitrogens is 3. The third-order valence-electron chi connectivity index (χ3n) is 3.32. The summed E-state index contributed by atoms with van der Waals surface area (Å²) < 4.78 is 6.10. The van der Waals surface area contributed by atoms with E-state index in [0.29, 0.717) is 5.13 Å². The normalized spacial score (nSPS) is 11.4. The predicted molar refractivity (Wildman–Crippen MR) is 102 cm³/mol. The van der Waals surface area contributed by atoms with Crippen molar-refractivity contribution in [2.75, 3.05) is 17.7 Å². The molecule has 2 N–H and O–H groups in total. The minimum absolute atomic E-state index is 0.0859. The van der Waals surface area contributed by atoms with Crippen LogP contribution in [0.1, 0.15) is 20.8 Å². The van der Waals surface area contributed by atoms with Gasteiger partial charge in [-0.2, -0.15) is 0 Å². The Kier molecular flexibility index (Phi) is 4.60. The van der Waals surface area contributed by atoms with Crippen LogP contribution in [0.4, 0.5) is 22.5 Å². The highest BCUT2D eigenvalue weighted by molar-refractivity contribution is 7.22. The van der Waals surface area contributed by atoms with Crippen LogP contribution in [0.5, 0.6) is 5.75 Å². The van der Waals surface area contributed by atoms with Crippen LogP contribution in [0.15, 0.2) is 24.5 Å². The molecule has 0 spiro atoms. The van der Waals surface area contributed by atoms with Crippen molar-refractivity contribution in [1.82, 2.24) is 15.0 Å². The van der Waals surface area contributed by atoms with Crippen LogP contribution in [-0.4, -0.2) is 32.5 Å². The summed E-state index contributed by atoms with van der Waals surface area (Å²) in [6.45, 7) is 5.69. The zero-order valence-electron chi connectivity index (χ0n) is 14.7. The number of methoxy groups -OCH3 is 1. The Labute approximate surface area is 153 Å². The Balaban J connectivity index is 1.99. The monoisotopic (exact) mass is 374 g/mol. The lowest BCUT2D eigenvalue weighted by atomic mass is 10.1. The molecule has 0 atom stereocenters. The van der Waals surface area contributed by atoms with Gasteiger partial charge in [0.2, 0.25) is 11.6 Å². The van der Waals surface area contributed by atoms with E-state index in [1.807, 2.05) is 39.0 Å². The van der Waals surface area contributed by atoms with Gasteiger partial charge in [0.1, 0.15) is 12.1 Å². The molecular formula is C16H18N6O3S. The topological polar surface area (TPSA) is 115 Å². The van der Waals surface area contributed by atoms with Gasteiger partial charge in [0, 0.05) is 5.54 Å². The molecule has 0 aliphatic heterocycles. The minimum atomic E-state index is -0.507. The lowest BCUT2D eigenvalue weighted by molar-refractivity contribution is -0.383. The quantitative estimate of drug-likeness (QED) is 0.509. The smallest absolute Gasteiger partial charge is 0.353 e. The molecule has 0 amide bonds. The molecule has 0 aliphatic rings. The second-order valence-electron chi connectivity index (χ2n) is 6.53. The van der Waals surface area contributed by atoms with E-state index < -0.39 is 4.92 Å². The van der Waals surface area contributed by atoms with Gasteiger partial charge in [0.25, 0.3) is 0 Å². The van der Waals surface area contributed by atoms with Crippen molar-refractivity contribution >= 4 is 44.0 Å². The number of fused-ring (bicyclic) bond motifs is 1. The first kappa shape index (κ1) is 17.8. The van der Waals surface area contributed by atoms with Gasteiger partial charge in [-0.15, -0.1) is 0 Å². The highest BCUT2D eigenvalue weighted by Crippen LogP contribution is 2.35. The molecule has 2 heterocycles. The molecule has 1 aromatic carbocycles. The van der Waals surface area contributed by atoms with Crippen molar-refractivity contribution < 1.29 is 9.66 Å². The average Bonchev–Trinajstić information content (AvgIpc) is 2.94. The predicted octanol–water partition coefficient (Wildman–Crippen LogP) is 3.96. The second-order valence-corrected chi connectivity index (χ2v) is 7.56. The molecule has 10 heteroatoms. The maximum atomic E-state index is 11.6. The van der Waals surface area contributed by atoms with E-state index in [4.69, 9.17) is 4.74 Å². The number of thiazole rings is 1. The molecule has 2 aromatic heterocycles. The lowest BCUT2D eigenvalue weighted by Gasteiger charge is -2.21. The van der Waals surface area contributed by atoms with Crippen molar-refractivity contribution in [1.29, 1.82) is 0 Å². The summed E-state index contributed by atoms with van der Waals surface area (Å²) in [4.78, 5) is 23.6. The number of nitrogens with one attached hydrogen (secondary N) is 2. The number of nitro groups is 1. The Morgan fingerprint density at radius 2 is 1.96 bits per heavy atom. The van der Waals surface area contributed by atoms with Crippen LogP contribution in [-0.2, 0) is 0 Å². The van der Waals surface area contributed by atoms with Gasteiger partial charge in [-0.3, -0.25) is 10.1 Å². The van der Waals surface area contributed by atoms with E-state index in [-0.39, 0.29) is 22.9 Å². The van der Waals surface area contributed by atoms with Gasteiger partial charge in [-0.1, -0.05) is 11.3 Å². The zero-order chi connectivity index (χ0) is 18.9. The van der Waals surface area contributed by atoms with Gasteiger partial charge in [0.15, 0.2) is 5.13 Å². The fourth-order valence-electron chi connectivity index (χ4n) is 2.28. The maximum Gasteiger partial charge on any atom is 0.353 e. The molecule has 9 nitrogen and oxygen atoms in total. The standard InChI is InChI=1S/C16H18N6O3S/c1-16(2,3)21-14-12(22(23)24)13(17-8-18-14)20-15-19-10-6-5-9(25-4)7-11(10)26-15/h5-8H,1-4H3,(H2,17,18,19,20,21). The molecule has 3 rings (SSSR count). The summed E-state index contributed by atoms with van der Waals surface area (Å²) in [5.41, 5.74) is 0.158. The maximum absolute atomic E-state index is 11.6. The number of rotatable bonds is 5. The minimum Gasteiger partial charge on any atom is -0.497 e. The molecule has 3 aromatic rings. The third kappa shape index (κ3) is 3.80. The van der Waals surface area contributed by atoms with Crippen LogP contribution in [0.25, 0.3) is 10.2 Å².